The third kappa shape index (κ3) is 5.41. The number of Topliss-reactive ketones (excluding diaryl/α,β-unsaturated/α-hetero) is 1. The van der Waals surface area contributed by atoms with Crippen molar-refractivity contribution in [3.05, 3.63) is 29.8 Å². The average Bonchev–Trinajstić information content (AvgIpc) is 2.39. The Kier molecular flexibility index (Phi) is 7.15. The van der Waals surface area contributed by atoms with Crippen LogP contribution in [0.3, 0.4) is 0 Å². The summed E-state index contributed by atoms with van der Waals surface area (Å²) in [5.41, 5.74) is 0.626. The molecule has 0 saturated heterocycles. The molecule has 1 aromatic rings. The van der Waals surface area contributed by atoms with Gasteiger partial charge in [-0.25, -0.2) is 0 Å². The SMILES string of the molecule is COCCOc1ccccc1C(=O)CC(C)COC. The first-order valence-electron chi connectivity index (χ1n) is 6.42. The number of benzene rings is 1. The number of methoxy groups -OCH3 is 2. The van der Waals surface area contributed by atoms with Crippen LogP contribution in [0.25, 0.3) is 0 Å². The monoisotopic (exact) mass is 266 g/mol. The molecule has 4 heteroatoms. The van der Waals surface area contributed by atoms with Crippen molar-refractivity contribution in [3.63, 3.8) is 0 Å². The topological polar surface area (TPSA) is 44.8 Å². The summed E-state index contributed by atoms with van der Waals surface area (Å²) >= 11 is 0. The number of ketones is 1. The second-order valence-corrected chi connectivity index (χ2v) is 4.53. The Morgan fingerprint density at radius 1 is 1.16 bits per heavy atom. The largest absolute Gasteiger partial charge is 0.490 e. The van der Waals surface area contributed by atoms with E-state index in [9.17, 15) is 4.79 Å². The Hall–Kier alpha value is -1.39. The molecule has 1 aromatic carbocycles. The van der Waals surface area contributed by atoms with E-state index in [1.165, 1.54) is 0 Å². The van der Waals surface area contributed by atoms with Crippen LogP contribution in [0, 0.1) is 5.92 Å². The standard InChI is InChI=1S/C15H22O4/c1-12(11-18-3)10-14(16)13-6-4-5-7-15(13)19-9-8-17-2/h4-7,12H,8-11H2,1-3H3. The molecule has 0 heterocycles. The molecule has 1 rings (SSSR count). The average molecular weight is 266 g/mol. The Labute approximate surface area is 114 Å². The fourth-order valence-electron chi connectivity index (χ4n) is 1.83. The molecule has 4 nitrogen and oxygen atoms in total. The lowest BCUT2D eigenvalue weighted by atomic mass is 10.00. The molecule has 0 aliphatic rings. The van der Waals surface area contributed by atoms with Crippen molar-refractivity contribution in [3.8, 4) is 5.75 Å². The number of carbonyl (C=O) groups excluding carboxylic acids is 1. The summed E-state index contributed by atoms with van der Waals surface area (Å²) in [7, 11) is 3.26. The molecule has 106 valence electrons. The summed E-state index contributed by atoms with van der Waals surface area (Å²) in [4.78, 5) is 12.2. The van der Waals surface area contributed by atoms with Crippen LogP contribution in [-0.2, 0) is 9.47 Å². The third-order valence-electron chi connectivity index (χ3n) is 2.72. The van der Waals surface area contributed by atoms with Gasteiger partial charge < -0.3 is 14.2 Å². The Morgan fingerprint density at radius 2 is 1.89 bits per heavy atom. The van der Waals surface area contributed by atoms with E-state index in [1.54, 1.807) is 20.3 Å². The predicted molar refractivity (Wildman–Crippen MR) is 73.8 cm³/mol. The van der Waals surface area contributed by atoms with Gasteiger partial charge in [-0.1, -0.05) is 19.1 Å². The van der Waals surface area contributed by atoms with Crippen LogP contribution < -0.4 is 4.74 Å². The molecule has 1 atom stereocenters. The molecule has 0 saturated carbocycles. The molecule has 0 radical (unpaired) electrons. The van der Waals surface area contributed by atoms with Gasteiger partial charge in [0.25, 0.3) is 0 Å². The summed E-state index contributed by atoms with van der Waals surface area (Å²) in [6.07, 6.45) is 0.457. The van der Waals surface area contributed by atoms with E-state index in [-0.39, 0.29) is 11.7 Å². The molecule has 0 aromatic heterocycles. The van der Waals surface area contributed by atoms with E-state index in [0.717, 1.165) is 0 Å². The Bertz CT molecular complexity index is 389. The number of rotatable bonds is 9. The highest BCUT2D eigenvalue weighted by Crippen LogP contribution is 2.21. The lowest BCUT2D eigenvalue weighted by Crippen LogP contribution is -2.13. The maximum absolute atomic E-state index is 12.2. The molecule has 1 unspecified atom stereocenters. The van der Waals surface area contributed by atoms with Gasteiger partial charge in [0.1, 0.15) is 12.4 Å². The zero-order valence-electron chi connectivity index (χ0n) is 11.8. The summed E-state index contributed by atoms with van der Waals surface area (Å²) < 4.78 is 15.5. The second-order valence-electron chi connectivity index (χ2n) is 4.53. The van der Waals surface area contributed by atoms with E-state index in [0.29, 0.717) is 37.6 Å². The van der Waals surface area contributed by atoms with Crippen LogP contribution in [0.4, 0.5) is 0 Å². The van der Waals surface area contributed by atoms with Gasteiger partial charge in [-0.3, -0.25) is 4.79 Å². The van der Waals surface area contributed by atoms with Gasteiger partial charge in [-0.15, -0.1) is 0 Å². The van der Waals surface area contributed by atoms with Gasteiger partial charge >= 0.3 is 0 Å². The number of hydrogen-bond donors (Lipinski definition) is 0. The summed E-state index contributed by atoms with van der Waals surface area (Å²) in [6.45, 7) is 3.52. The van der Waals surface area contributed by atoms with Crippen LogP contribution in [0.5, 0.6) is 5.75 Å². The van der Waals surface area contributed by atoms with Crippen molar-refractivity contribution in [2.45, 2.75) is 13.3 Å². The highest BCUT2D eigenvalue weighted by atomic mass is 16.5. The highest BCUT2D eigenvalue weighted by molar-refractivity contribution is 5.98. The number of ether oxygens (including phenoxy) is 3. The van der Waals surface area contributed by atoms with Crippen molar-refractivity contribution >= 4 is 5.78 Å². The van der Waals surface area contributed by atoms with E-state index in [1.807, 2.05) is 25.1 Å². The lowest BCUT2D eigenvalue weighted by Gasteiger charge is -2.13. The van der Waals surface area contributed by atoms with Crippen molar-refractivity contribution in [1.82, 2.24) is 0 Å². The smallest absolute Gasteiger partial charge is 0.166 e. The van der Waals surface area contributed by atoms with Gasteiger partial charge in [-0.2, -0.15) is 0 Å². The molecule has 0 amide bonds. The molecule has 0 aliphatic carbocycles. The third-order valence-corrected chi connectivity index (χ3v) is 2.72. The highest BCUT2D eigenvalue weighted by Gasteiger charge is 2.15. The molecule has 0 fully saturated rings. The van der Waals surface area contributed by atoms with E-state index < -0.39 is 0 Å². The quantitative estimate of drug-likeness (QED) is 0.509. The maximum atomic E-state index is 12.2. The van der Waals surface area contributed by atoms with Gasteiger partial charge in [0, 0.05) is 27.2 Å². The Balaban J connectivity index is 2.67. The van der Waals surface area contributed by atoms with Gasteiger partial charge in [0.2, 0.25) is 0 Å². The van der Waals surface area contributed by atoms with Crippen molar-refractivity contribution in [1.29, 1.82) is 0 Å². The number of carbonyl (C=O) groups is 1. The molecule has 0 N–H and O–H groups in total. The first-order chi connectivity index (χ1) is 9.19. The predicted octanol–water partition coefficient (Wildman–Crippen LogP) is 2.57. The van der Waals surface area contributed by atoms with Gasteiger partial charge in [0.15, 0.2) is 5.78 Å². The first-order valence-corrected chi connectivity index (χ1v) is 6.42. The minimum atomic E-state index is 0.0811. The van der Waals surface area contributed by atoms with Crippen LogP contribution in [0.1, 0.15) is 23.7 Å². The molecular formula is C15H22O4. The molecule has 19 heavy (non-hydrogen) atoms. The summed E-state index contributed by atoms with van der Waals surface area (Å²) in [6, 6.07) is 7.31. The second kappa shape index (κ2) is 8.67. The van der Waals surface area contributed by atoms with Gasteiger partial charge in [0.05, 0.1) is 12.2 Å². The van der Waals surface area contributed by atoms with Crippen LogP contribution in [0.2, 0.25) is 0 Å². The van der Waals surface area contributed by atoms with Crippen molar-refractivity contribution < 1.29 is 19.0 Å². The molecule has 0 spiro atoms. The zero-order valence-corrected chi connectivity index (χ0v) is 11.8. The normalized spacial score (nSPS) is 12.2. The maximum Gasteiger partial charge on any atom is 0.166 e. The zero-order chi connectivity index (χ0) is 14.1. The molecule has 0 aliphatic heterocycles. The minimum Gasteiger partial charge on any atom is -0.490 e. The van der Waals surface area contributed by atoms with E-state index in [4.69, 9.17) is 14.2 Å². The molecule has 0 bridgehead atoms. The van der Waals surface area contributed by atoms with Crippen molar-refractivity contribution in [2.75, 3.05) is 34.0 Å². The number of hydrogen-bond acceptors (Lipinski definition) is 4. The first kappa shape index (κ1) is 15.7. The van der Waals surface area contributed by atoms with E-state index in [2.05, 4.69) is 0 Å². The minimum absolute atomic E-state index is 0.0811. The van der Waals surface area contributed by atoms with Crippen molar-refractivity contribution in [2.24, 2.45) is 5.92 Å². The Morgan fingerprint density at radius 3 is 2.58 bits per heavy atom. The van der Waals surface area contributed by atoms with E-state index >= 15 is 0 Å². The fraction of sp³-hybridized carbons (Fsp3) is 0.533. The van der Waals surface area contributed by atoms with Crippen LogP contribution in [-0.4, -0.2) is 39.8 Å². The summed E-state index contributed by atoms with van der Waals surface area (Å²) in [5, 5.41) is 0. The summed E-state index contributed by atoms with van der Waals surface area (Å²) in [5.74, 6) is 0.899. The van der Waals surface area contributed by atoms with Gasteiger partial charge in [-0.05, 0) is 18.1 Å². The van der Waals surface area contributed by atoms with Crippen LogP contribution in [0.15, 0.2) is 24.3 Å². The van der Waals surface area contributed by atoms with Crippen LogP contribution >= 0.6 is 0 Å². The lowest BCUT2D eigenvalue weighted by molar-refractivity contribution is 0.0913. The number of para-hydroxylation sites is 1. The molecular weight excluding hydrogens is 244 g/mol. The fourth-order valence-corrected chi connectivity index (χ4v) is 1.83.